The van der Waals surface area contributed by atoms with Crippen molar-refractivity contribution < 1.29 is 18.8 Å². The fourth-order valence-electron chi connectivity index (χ4n) is 4.05. The molecule has 2 N–H and O–H groups in total. The molecule has 9 heteroatoms. The van der Waals surface area contributed by atoms with Crippen molar-refractivity contribution in [2.24, 2.45) is 11.8 Å². The smallest absolute Gasteiger partial charge is 0.384 e. The first-order valence-electron chi connectivity index (χ1n) is 10.6. The Morgan fingerprint density at radius 2 is 1.94 bits per heavy atom. The van der Waals surface area contributed by atoms with Crippen LogP contribution in [0.4, 0.5) is 0 Å². The molecule has 0 spiro atoms. The molecule has 0 radical (unpaired) electrons. The van der Waals surface area contributed by atoms with Crippen LogP contribution in [-0.2, 0) is 11.3 Å². The fraction of sp³-hybridized carbons (Fsp3) is 0.500. The maximum absolute atomic E-state index is 13.1. The van der Waals surface area contributed by atoms with Gasteiger partial charge in [-0.25, -0.2) is 4.79 Å². The molecule has 1 aliphatic carbocycles. The van der Waals surface area contributed by atoms with Crippen LogP contribution in [0.25, 0.3) is 0 Å². The second kappa shape index (κ2) is 10.2. The predicted octanol–water partition coefficient (Wildman–Crippen LogP) is 1.78. The zero-order chi connectivity index (χ0) is 22.4. The van der Waals surface area contributed by atoms with Crippen LogP contribution in [0.3, 0.4) is 0 Å². The van der Waals surface area contributed by atoms with Gasteiger partial charge in [0.25, 0.3) is 11.8 Å². The quantitative estimate of drug-likeness (QED) is 0.464. The summed E-state index contributed by atoms with van der Waals surface area (Å²) in [6.45, 7) is 4.16. The third kappa shape index (κ3) is 5.48. The lowest BCUT2D eigenvalue weighted by Crippen LogP contribution is -2.53. The van der Waals surface area contributed by atoms with E-state index in [9.17, 15) is 19.2 Å². The minimum atomic E-state index is -0.954. The fourth-order valence-corrected chi connectivity index (χ4v) is 4.05. The average molecular weight is 428 g/mol. The summed E-state index contributed by atoms with van der Waals surface area (Å²) in [5, 5.41) is 9.60. The number of carbonyl (C=O) groups is 3. The molecule has 0 aliphatic heterocycles. The molecule has 1 saturated carbocycles. The summed E-state index contributed by atoms with van der Waals surface area (Å²) < 4.78 is 6.20. The zero-order valence-corrected chi connectivity index (χ0v) is 17.7. The highest BCUT2D eigenvalue weighted by Gasteiger charge is 2.39. The maximum Gasteiger partial charge on any atom is 0.437 e. The Kier molecular flexibility index (Phi) is 7.38. The van der Waals surface area contributed by atoms with Crippen LogP contribution in [0.5, 0.6) is 0 Å². The molecular formula is C22H28N4O5. The summed E-state index contributed by atoms with van der Waals surface area (Å²) in [6.07, 6.45) is 3.53. The number of amides is 2. The molecular weight excluding hydrogens is 400 g/mol. The van der Waals surface area contributed by atoms with Gasteiger partial charge in [-0.2, -0.15) is 4.68 Å². The molecule has 2 aromatic rings. The number of aromatic nitrogens is 2. The van der Waals surface area contributed by atoms with Gasteiger partial charge in [0.15, 0.2) is 0 Å². The molecule has 1 aromatic carbocycles. The molecule has 0 saturated heterocycles. The highest BCUT2D eigenvalue weighted by atomic mass is 16.4. The number of hydrogen-bond acceptors (Lipinski definition) is 6. The summed E-state index contributed by atoms with van der Waals surface area (Å²) in [6, 6.07) is 7.56. The molecule has 1 unspecified atom stereocenters. The first kappa shape index (κ1) is 22.5. The van der Waals surface area contributed by atoms with Gasteiger partial charge in [0, 0.05) is 17.5 Å². The second-order valence-electron chi connectivity index (χ2n) is 8.27. The number of nitrogens with one attached hydrogen (secondary N) is 2. The van der Waals surface area contributed by atoms with Crippen molar-refractivity contribution in [1.29, 1.82) is 0 Å². The lowest BCUT2D eigenvalue weighted by atomic mass is 9.78. The van der Waals surface area contributed by atoms with E-state index in [-0.39, 0.29) is 29.7 Å². The Labute approximate surface area is 180 Å². The van der Waals surface area contributed by atoms with Crippen LogP contribution < -0.4 is 16.4 Å². The largest absolute Gasteiger partial charge is 0.437 e. The van der Waals surface area contributed by atoms with E-state index in [0.29, 0.717) is 31.4 Å². The highest BCUT2D eigenvalue weighted by Crippen LogP contribution is 2.29. The highest BCUT2D eigenvalue weighted by molar-refractivity contribution is 5.97. The van der Waals surface area contributed by atoms with Gasteiger partial charge >= 0.3 is 5.76 Å². The monoisotopic (exact) mass is 428 g/mol. The van der Waals surface area contributed by atoms with Gasteiger partial charge in [-0.15, -0.1) is 5.10 Å². The first-order chi connectivity index (χ1) is 14.9. The Bertz CT molecular complexity index is 966. The van der Waals surface area contributed by atoms with Crippen LogP contribution in [0.2, 0.25) is 0 Å². The van der Waals surface area contributed by atoms with Crippen LogP contribution in [0, 0.1) is 11.8 Å². The number of hydrogen-bond donors (Lipinski definition) is 2. The minimum absolute atomic E-state index is 0.144. The van der Waals surface area contributed by atoms with E-state index in [1.807, 2.05) is 19.9 Å². The van der Waals surface area contributed by atoms with Crippen LogP contribution in [0.1, 0.15) is 60.6 Å². The van der Waals surface area contributed by atoms with Gasteiger partial charge in [0.1, 0.15) is 6.04 Å². The first-order valence-corrected chi connectivity index (χ1v) is 10.6. The molecule has 9 nitrogen and oxygen atoms in total. The predicted molar refractivity (Wildman–Crippen MR) is 113 cm³/mol. The number of rotatable bonds is 9. The third-order valence-corrected chi connectivity index (χ3v) is 5.49. The minimum Gasteiger partial charge on any atom is -0.384 e. The van der Waals surface area contributed by atoms with E-state index in [4.69, 9.17) is 4.42 Å². The summed E-state index contributed by atoms with van der Waals surface area (Å²) in [5.41, 5.74) is 0.525. The van der Waals surface area contributed by atoms with Gasteiger partial charge in [0.05, 0.1) is 6.54 Å². The Balaban J connectivity index is 1.82. The molecule has 31 heavy (non-hydrogen) atoms. The topological polar surface area (TPSA) is 123 Å². The maximum atomic E-state index is 13.1. The molecule has 1 fully saturated rings. The Hall–Kier alpha value is -3.23. The van der Waals surface area contributed by atoms with Crippen molar-refractivity contribution in [2.75, 3.05) is 0 Å². The van der Waals surface area contributed by atoms with Crippen molar-refractivity contribution in [2.45, 2.75) is 58.2 Å². The molecule has 166 valence electrons. The summed E-state index contributed by atoms with van der Waals surface area (Å²) in [5.74, 6) is -2.05. The van der Waals surface area contributed by atoms with Crippen LogP contribution in [0.15, 0.2) is 39.5 Å². The van der Waals surface area contributed by atoms with Crippen molar-refractivity contribution in [3.8, 4) is 0 Å². The van der Waals surface area contributed by atoms with Gasteiger partial charge in [-0.1, -0.05) is 44.9 Å². The molecule has 1 aromatic heterocycles. The zero-order valence-electron chi connectivity index (χ0n) is 17.7. The molecule has 0 bridgehead atoms. The van der Waals surface area contributed by atoms with Crippen molar-refractivity contribution in [3.05, 3.63) is 52.3 Å². The molecule has 1 aliphatic rings. The Morgan fingerprint density at radius 3 is 2.61 bits per heavy atom. The number of nitrogens with zero attached hydrogens (tertiary/aromatic N) is 2. The van der Waals surface area contributed by atoms with E-state index >= 15 is 0 Å². The van der Waals surface area contributed by atoms with E-state index in [2.05, 4.69) is 15.7 Å². The number of benzene rings is 1. The summed E-state index contributed by atoms with van der Waals surface area (Å²) in [7, 11) is 0. The van der Waals surface area contributed by atoms with Crippen molar-refractivity contribution in [3.63, 3.8) is 0 Å². The van der Waals surface area contributed by atoms with Gasteiger partial charge in [0.2, 0.25) is 12.2 Å². The normalized spacial score (nSPS) is 19.6. The van der Waals surface area contributed by atoms with Gasteiger partial charge in [-0.3, -0.25) is 14.4 Å². The standard InChI is InChI=1S/C22H28N4O5/c1-14(2)12-26-22(30)31-21(25-26)19(28)18(23-13-27)16-10-6-7-11-17(16)24-20(29)15-8-4-3-5-9-15/h3-5,8-9,13-14,16-18H,6-7,10-12H2,1-2H3,(H,23,27)(H,24,29)/t16-,17+,18?/m1/s1. The van der Waals surface area contributed by atoms with Crippen molar-refractivity contribution in [1.82, 2.24) is 20.4 Å². The van der Waals surface area contributed by atoms with Gasteiger partial charge < -0.3 is 15.1 Å². The lowest BCUT2D eigenvalue weighted by Gasteiger charge is -2.36. The van der Waals surface area contributed by atoms with E-state index < -0.39 is 17.6 Å². The summed E-state index contributed by atoms with van der Waals surface area (Å²) in [4.78, 5) is 49.1. The van der Waals surface area contributed by atoms with Gasteiger partial charge in [-0.05, 0) is 30.9 Å². The molecule has 3 atom stereocenters. The van der Waals surface area contributed by atoms with E-state index in [1.54, 1.807) is 24.3 Å². The average Bonchev–Trinajstić information content (AvgIpc) is 3.12. The van der Waals surface area contributed by atoms with Crippen LogP contribution >= 0.6 is 0 Å². The second-order valence-corrected chi connectivity index (χ2v) is 8.27. The van der Waals surface area contributed by atoms with E-state index in [1.165, 1.54) is 0 Å². The van der Waals surface area contributed by atoms with Crippen LogP contribution in [-0.4, -0.2) is 40.0 Å². The lowest BCUT2D eigenvalue weighted by molar-refractivity contribution is -0.110. The number of ketones is 1. The Morgan fingerprint density at radius 1 is 1.23 bits per heavy atom. The third-order valence-electron chi connectivity index (χ3n) is 5.49. The van der Waals surface area contributed by atoms with E-state index in [0.717, 1.165) is 17.5 Å². The molecule has 3 rings (SSSR count). The van der Waals surface area contributed by atoms with Crippen molar-refractivity contribution >= 4 is 18.1 Å². The summed E-state index contributed by atoms with van der Waals surface area (Å²) >= 11 is 0. The molecule has 1 heterocycles. The number of Topliss-reactive ketones (excluding diaryl/α,β-unsaturated/α-hetero) is 1. The number of carbonyl (C=O) groups excluding carboxylic acids is 3. The SMILES string of the molecule is CC(C)Cn1nc(C(=O)C(NC=O)[C@@H]2CCCC[C@@H]2NC(=O)c2ccccc2)oc1=O. The molecule has 2 amide bonds.